The van der Waals surface area contributed by atoms with Crippen molar-refractivity contribution < 1.29 is 4.79 Å². The first-order valence-electron chi connectivity index (χ1n) is 8.88. The van der Waals surface area contributed by atoms with E-state index in [1.807, 2.05) is 18.3 Å². The smallest absolute Gasteiger partial charge is 0.220 e. The van der Waals surface area contributed by atoms with Crippen LogP contribution in [0.1, 0.15) is 18.9 Å². The summed E-state index contributed by atoms with van der Waals surface area (Å²) in [6, 6.07) is 8.63. The lowest BCUT2D eigenvalue weighted by Gasteiger charge is -2.36. The number of aromatic amines is 1. The Balaban J connectivity index is 1.42. The highest BCUT2D eigenvalue weighted by atomic mass is 16.1. The monoisotopic (exact) mass is 328 g/mol. The molecule has 1 fully saturated rings. The molecule has 5 heteroatoms. The first-order chi connectivity index (χ1) is 11.6. The van der Waals surface area contributed by atoms with Crippen molar-refractivity contribution in [1.82, 2.24) is 20.1 Å². The molecule has 0 spiro atoms. The van der Waals surface area contributed by atoms with Gasteiger partial charge in [-0.25, -0.2) is 0 Å². The van der Waals surface area contributed by atoms with E-state index in [4.69, 9.17) is 0 Å². The van der Waals surface area contributed by atoms with Crippen molar-refractivity contribution in [3.63, 3.8) is 0 Å². The topological polar surface area (TPSA) is 51.4 Å². The Morgan fingerprint density at radius 3 is 2.79 bits per heavy atom. The maximum atomic E-state index is 12.2. The normalized spacial score (nSPS) is 17.9. The van der Waals surface area contributed by atoms with Crippen molar-refractivity contribution in [3.8, 4) is 0 Å². The quantitative estimate of drug-likeness (QED) is 0.851. The van der Waals surface area contributed by atoms with Gasteiger partial charge in [0.05, 0.1) is 0 Å². The second-order valence-corrected chi connectivity index (χ2v) is 6.85. The summed E-state index contributed by atoms with van der Waals surface area (Å²) in [5, 5.41) is 4.32. The SMILES string of the molecule is CC(CNC(=O)CCc1c[nH]c2ccccc12)N1CCN(C)CC1. The Hall–Kier alpha value is -1.85. The maximum Gasteiger partial charge on any atom is 0.220 e. The van der Waals surface area contributed by atoms with Gasteiger partial charge in [0.25, 0.3) is 0 Å². The van der Waals surface area contributed by atoms with E-state index in [0.29, 0.717) is 12.5 Å². The summed E-state index contributed by atoms with van der Waals surface area (Å²) < 4.78 is 0. The second-order valence-electron chi connectivity index (χ2n) is 6.85. The zero-order valence-electron chi connectivity index (χ0n) is 14.7. The van der Waals surface area contributed by atoms with Crippen LogP contribution in [0.15, 0.2) is 30.5 Å². The molecule has 2 aromatic rings. The summed E-state index contributed by atoms with van der Waals surface area (Å²) >= 11 is 0. The van der Waals surface area contributed by atoms with Crippen LogP contribution in [0.4, 0.5) is 0 Å². The second kappa shape index (κ2) is 7.81. The van der Waals surface area contributed by atoms with Crippen LogP contribution in [-0.4, -0.2) is 66.5 Å². The van der Waals surface area contributed by atoms with Crippen molar-refractivity contribution in [2.75, 3.05) is 39.8 Å². The largest absolute Gasteiger partial charge is 0.361 e. The van der Waals surface area contributed by atoms with E-state index in [1.54, 1.807) is 0 Å². The first-order valence-corrected chi connectivity index (χ1v) is 8.88. The Labute approximate surface area is 144 Å². The van der Waals surface area contributed by atoms with E-state index in [2.05, 4.69) is 46.2 Å². The van der Waals surface area contributed by atoms with Crippen LogP contribution in [0.25, 0.3) is 10.9 Å². The number of aromatic nitrogens is 1. The van der Waals surface area contributed by atoms with Gasteiger partial charge in [-0.2, -0.15) is 0 Å². The molecule has 5 nitrogen and oxygen atoms in total. The minimum Gasteiger partial charge on any atom is -0.361 e. The molecule has 2 heterocycles. The van der Waals surface area contributed by atoms with E-state index in [0.717, 1.165) is 44.7 Å². The lowest BCUT2D eigenvalue weighted by molar-refractivity contribution is -0.121. The number of carbonyl (C=O) groups excluding carboxylic acids is 1. The van der Waals surface area contributed by atoms with Gasteiger partial charge < -0.3 is 15.2 Å². The van der Waals surface area contributed by atoms with Gasteiger partial charge >= 0.3 is 0 Å². The van der Waals surface area contributed by atoms with Crippen molar-refractivity contribution in [2.45, 2.75) is 25.8 Å². The highest BCUT2D eigenvalue weighted by molar-refractivity contribution is 5.84. The van der Waals surface area contributed by atoms with Crippen molar-refractivity contribution >= 4 is 16.8 Å². The number of nitrogens with zero attached hydrogens (tertiary/aromatic N) is 2. The molecule has 0 radical (unpaired) electrons. The number of likely N-dealkylation sites (N-methyl/N-ethyl adjacent to an activating group) is 1. The number of piperazine rings is 1. The van der Waals surface area contributed by atoms with Crippen LogP contribution in [0.3, 0.4) is 0 Å². The highest BCUT2D eigenvalue weighted by Gasteiger charge is 2.19. The first kappa shape index (κ1) is 17.0. The van der Waals surface area contributed by atoms with Gasteiger partial charge in [-0.15, -0.1) is 0 Å². The number of rotatable bonds is 6. The molecule has 1 atom stereocenters. The zero-order chi connectivity index (χ0) is 16.9. The lowest BCUT2D eigenvalue weighted by Crippen LogP contribution is -2.51. The zero-order valence-corrected chi connectivity index (χ0v) is 14.7. The minimum atomic E-state index is 0.140. The Morgan fingerprint density at radius 1 is 1.25 bits per heavy atom. The lowest BCUT2D eigenvalue weighted by atomic mass is 10.1. The minimum absolute atomic E-state index is 0.140. The van der Waals surface area contributed by atoms with Crippen molar-refractivity contribution in [1.29, 1.82) is 0 Å². The standard InChI is InChI=1S/C19H28N4O/c1-15(23-11-9-22(2)10-12-23)13-21-19(24)8-7-16-14-20-18-6-4-3-5-17(16)18/h3-6,14-15,20H,7-13H2,1-2H3,(H,21,24). The van der Waals surface area contributed by atoms with Gasteiger partial charge in [0.2, 0.25) is 5.91 Å². The van der Waals surface area contributed by atoms with Crippen LogP contribution in [0.2, 0.25) is 0 Å². The third-order valence-electron chi connectivity index (χ3n) is 5.05. The molecule has 2 N–H and O–H groups in total. The van der Waals surface area contributed by atoms with Crippen LogP contribution < -0.4 is 5.32 Å². The van der Waals surface area contributed by atoms with Gasteiger partial charge in [-0.1, -0.05) is 18.2 Å². The van der Waals surface area contributed by atoms with Gasteiger partial charge in [0.15, 0.2) is 0 Å². The Kier molecular flexibility index (Phi) is 5.53. The van der Waals surface area contributed by atoms with Crippen molar-refractivity contribution in [2.24, 2.45) is 0 Å². The number of hydrogen-bond acceptors (Lipinski definition) is 3. The van der Waals surface area contributed by atoms with E-state index in [-0.39, 0.29) is 5.91 Å². The number of benzene rings is 1. The summed E-state index contributed by atoms with van der Waals surface area (Å²) in [6.45, 7) is 7.32. The fraction of sp³-hybridized carbons (Fsp3) is 0.526. The number of carbonyl (C=O) groups is 1. The Morgan fingerprint density at radius 2 is 2.00 bits per heavy atom. The molecule has 0 bridgehead atoms. The fourth-order valence-electron chi connectivity index (χ4n) is 3.33. The molecular formula is C19H28N4O. The number of fused-ring (bicyclic) bond motifs is 1. The molecule has 0 saturated carbocycles. The molecule has 1 unspecified atom stereocenters. The molecule has 1 aromatic heterocycles. The van der Waals surface area contributed by atoms with E-state index in [9.17, 15) is 4.79 Å². The van der Waals surface area contributed by atoms with Crippen LogP contribution >= 0.6 is 0 Å². The fourth-order valence-corrected chi connectivity index (χ4v) is 3.33. The average molecular weight is 328 g/mol. The third kappa shape index (κ3) is 4.16. The van der Waals surface area contributed by atoms with Crippen molar-refractivity contribution in [3.05, 3.63) is 36.0 Å². The summed E-state index contributed by atoms with van der Waals surface area (Å²) in [5.41, 5.74) is 2.35. The van der Waals surface area contributed by atoms with Gasteiger partial charge in [-0.05, 0) is 32.0 Å². The predicted molar refractivity (Wildman–Crippen MR) is 98.2 cm³/mol. The summed E-state index contributed by atoms with van der Waals surface area (Å²) in [7, 11) is 2.16. The van der Waals surface area contributed by atoms with Crippen LogP contribution in [-0.2, 0) is 11.2 Å². The molecule has 1 aromatic carbocycles. The number of aryl methyl sites for hydroxylation is 1. The van der Waals surface area contributed by atoms with Gasteiger partial charge in [0, 0.05) is 62.3 Å². The molecule has 1 saturated heterocycles. The van der Waals surface area contributed by atoms with E-state index in [1.165, 1.54) is 10.9 Å². The molecular weight excluding hydrogens is 300 g/mol. The van der Waals surface area contributed by atoms with Crippen LogP contribution in [0, 0.1) is 0 Å². The Bertz CT molecular complexity index is 673. The highest BCUT2D eigenvalue weighted by Crippen LogP contribution is 2.18. The predicted octanol–water partition coefficient (Wildman–Crippen LogP) is 1.85. The maximum absolute atomic E-state index is 12.2. The molecule has 130 valence electrons. The number of nitrogens with one attached hydrogen (secondary N) is 2. The summed E-state index contributed by atoms with van der Waals surface area (Å²) in [6.07, 6.45) is 3.33. The molecule has 0 aliphatic carbocycles. The molecule has 3 rings (SSSR count). The molecule has 24 heavy (non-hydrogen) atoms. The third-order valence-corrected chi connectivity index (χ3v) is 5.05. The molecule has 1 amide bonds. The number of amides is 1. The molecule has 1 aliphatic rings. The van der Waals surface area contributed by atoms with E-state index >= 15 is 0 Å². The summed E-state index contributed by atoms with van der Waals surface area (Å²) in [4.78, 5) is 20.2. The van der Waals surface area contributed by atoms with Crippen LogP contribution in [0.5, 0.6) is 0 Å². The summed E-state index contributed by atoms with van der Waals surface area (Å²) in [5.74, 6) is 0.140. The number of para-hydroxylation sites is 1. The molecule has 1 aliphatic heterocycles. The van der Waals surface area contributed by atoms with Gasteiger partial charge in [-0.3, -0.25) is 9.69 Å². The number of H-pyrrole nitrogens is 1. The average Bonchev–Trinajstić information content (AvgIpc) is 3.01. The number of hydrogen-bond donors (Lipinski definition) is 2. The van der Waals surface area contributed by atoms with Gasteiger partial charge in [0.1, 0.15) is 0 Å². The van der Waals surface area contributed by atoms with E-state index < -0.39 is 0 Å².